The molecule has 4 rings (SSSR count). The van der Waals surface area contributed by atoms with Crippen molar-refractivity contribution in [1.82, 2.24) is 15.0 Å². The lowest BCUT2D eigenvalue weighted by Crippen LogP contribution is -2.34. The Hall–Kier alpha value is -2.54. The smallest absolute Gasteiger partial charge is 0.279 e. The first-order valence-corrected chi connectivity index (χ1v) is 11.6. The van der Waals surface area contributed by atoms with Gasteiger partial charge in [-0.25, -0.2) is 0 Å². The van der Waals surface area contributed by atoms with Crippen LogP contribution in [0.1, 0.15) is 61.7 Å². The van der Waals surface area contributed by atoms with Crippen molar-refractivity contribution in [3.05, 3.63) is 50.1 Å². The van der Waals surface area contributed by atoms with E-state index in [0.29, 0.717) is 16.1 Å². The highest BCUT2D eigenvalue weighted by atomic mass is 32.1. The SMILES string of the molecule is CCc1cccc(CC)c1NC(=O)[C@@H](C)n1nnc2sc3c(c2c1=O)CC[C@H](C)C3. The highest BCUT2D eigenvalue weighted by molar-refractivity contribution is 7.18. The van der Waals surface area contributed by atoms with Gasteiger partial charge in [0.05, 0.1) is 5.39 Å². The second-order valence-corrected chi connectivity index (χ2v) is 9.28. The van der Waals surface area contributed by atoms with Crippen LogP contribution in [0.3, 0.4) is 0 Å². The Balaban J connectivity index is 1.69. The molecular weight excluding hydrogens is 396 g/mol. The maximum Gasteiger partial charge on any atom is 0.279 e. The van der Waals surface area contributed by atoms with Crippen molar-refractivity contribution in [2.45, 2.75) is 65.8 Å². The van der Waals surface area contributed by atoms with Crippen LogP contribution in [-0.4, -0.2) is 20.9 Å². The monoisotopic (exact) mass is 424 g/mol. The number of rotatable bonds is 5. The first-order valence-electron chi connectivity index (χ1n) is 10.8. The van der Waals surface area contributed by atoms with Gasteiger partial charge in [0, 0.05) is 10.6 Å². The van der Waals surface area contributed by atoms with Crippen LogP contribution in [0, 0.1) is 5.92 Å². The van der Waals surface area contributed by atoms with Gasteiger partial charge in [0.25, 0.3) is 5.56 Å². The first-order chi connectivity index (χ1) is 14.4. The molecule has 1 amide bonds. The Morgan fingerprint density at radius 2 is 2.00 bits per heavy atom. The van der Waals surface area contributed by atoms with Crippen molar-refractivity contribution in [3.63, 3.8) is 0 Å². The highest BCUT2D eigenvalue weighted by Gasteiger charge is 2.26. The van der Waals surface area contributed by atoms with Crippen LogP contribution in [0.2, 0.25) is 0 Å². The van der Waals surface area contributed by atoms with Crippen molar-refractivity contribution < 1.29 is 4.79 Å². The van der Waals surface area contributed by atoms with Crippen LogP contribution in [0.25, 0.3) is 10.2 Å². The lowest BCUT2D eigenvalue weighted by Gasteiger charge is -2.18. The second-order valence-electron chi connectivity index (χ2n) is 8.19. The molecule has 0 saturated carbocycles. The summed E-state index contributed by atoms with van der Waals surface area (Å²) in [6.45, 7) is 8.08. The van der Waals surface area contributed by atoms with Crippen LogP contribution in [0.4, 0.5) is 5.69 Å². The summed E-state index contributed by atoms with van der Waals surface area (Å²) >= 11 is 1.57. The van der Waals surface area contributed by atoms with Crippen molar-refractivity contribution >= 4 is 33.1 Å². The predicted octanol–water partition coefficient (Wildman–Crippen LogP) is 4.30. The zero-order valence-corrected chi connectivity index (χ0v) is 18.8. The Bertz CT molecular complexity index is 1140. The summed E-state index contributed by atoms with van der Waals surface area (Å²) in [5.74, 6) is 0.371. The molecule has 0 unspecified atom stereocenters. The molecule has 7 heteroatoms. The molecule has 0 saturated heterocycles. The largest absolute Gasteiger partial charge is 0.324 e. The summed E-state index contributed by atoms with van der Waals surface area (Å²) in [4.78, 5) is 28.3. The van der Waals surface area contributed by atoms with E-state index in [2.05, 4.69) is 36.4 Å². The number of thiophene rings is 1. The third kappa shape index (κ3) is 3.55. The standard InChI is InChI=1S/C23H28N4O2S/c1-5-15-8-7-9-16(6-2)20(15)24-21(28)14(4)27-23(29)19-17-11-10-13(3)12-18(17)30-22(19)25-26-27/h7-9,13-14H,5-6,10-12H2,1-4H3,(H,24,28)/t13-,14+/m0/s1. The molecule has 6 nitrogen and oxygen atoms in total. The molecule has 158 valence electrons. The van der Waals surface area contributed by atoms with E-state index in [4.69, 9.17) is 0 Å². The number of anilines is 1. The number of benzene rings is 1. The van der Waals surface area contributed by atoms with E-state index in [-0.39, 0.29) is 11.5 Å². The minimum absolute atomic E-state index is 0.214. The number of para-hydroxylation sites is 1. The quantitative estimate of drug-likeness (QED) is 0.662. The molecule has 0 bridgehead atoms. The number of nitrogens with one attached hydrogen (secondary N) is 1. The molecule has 30 heavy (non-hydrogen) atoms. The van der Waals surface area contributed by atoms with Crippen molar-refractivity contribution in [1.29, 1.82) is 0 Å². The number of hydrogen-bond acceptors (Lipinski definition) is 5. The van der Waals surface area contributed by atoms with E-state index in [9.17, 15) is 9.59 Å². The van der Waals surface area contributed by atoms with Gasteiger partial charge >= 0.3 is 0 Å². The molecule has 1 aliphatic rings. The predicted molar refractivity (Wildman–Crippen MR) is 121 cm³/mol. The molecule has 2 atom stereocenters. The first kappa shape index (κ1) is 20.7. The zero-order chi connectivity index (χ0) is 21.4. The molecule has 3 aromatic rings. The highest BCUT2D eigenvalue weighted by Crippen LogP contribution is 2.35. The molecule has 0 fully saturated rings. The molecule has 2 aromatic heterocycles. The van der Waals surface area contributed by atoms with E-state index in [1.807, 2.05) is 18.2 Å². The molecule has 2 heterocycles. The van der Waals surface area contributed by atoms with E-state index in [0.717, 1.165) is 54.5 Å². The van der Waals surface area contributed by atoms with Gasteiger partial charge in [-0.05, 0) is 61.6 Å². The van der Waals surface area contributed by atoms with Crippen LogP contribution < -0.4 is 10.9 Å². The van der Waals surface area contributed by atoms with Crippen molar-refractivity contribution in [2.75, 3.05) is 5.32 Å². The number of amides is 1. The van der Waals surface area contributed by atoms with Gasteiger partial charge in [0.15, 0.2) is 4.83 Å². The summed E-state index contributed by atoms with van der Waals surface area (Å²) in [6.07, 6.45) is 4.59. The van der Waals surface area contributed by atoms with Crippen molar-refractivity contribution in [2.24, 2.45) is 5.92 Å². The fourth-order valence-electron chi connectivity index (χ4n) is 4.27. The Kier molecular flexibility index (Phi) is 5.73. The maximum absolute atomic E-state index is 13.3. The van der Waals surface area contributed by atoms with Crippen LogP contribution >= 0.6 is 11.3 Å². The molecule has 0 aliphatic heterocycles. The summed E-state index contributed by atoms with van der Waals surface area (Å²) in [5, 5.41) is 12.1. The fraction of sp³-hybridized carbons (Fsp3) is 0.478. The number of carbonyl (C=O) groups excluding carboxylic acids is 1. The van der Waals surface area contributed by atoms with Crippen LogP contribution in [0.15, 0.2) is 23.0 Å². The minimum Gasteiger partial charge on any atom is -0.324 e. The van der Waals surface area contributed by atoms with Gasteiger partial charge in [-0.1, -0.05) is 44.2 Å². The lowest BCUT2D eigenvalue weighted by atomic mass is 9.89. The number of aromatic nitrogens is 3. The Labute approximate surface area is 180 Å². The van der Waals surface area contributed by atoms with E-state index in [1.165, 1.54) is 9.56 Å². The molecule has 1 N–H and O–H groups in total. The van der Waals surface area contributed by atoms with E-state index >= 15 is 0 Å². The molecular formula is C23H28N4O2S. The lowest BCUT2D eigenvalue weighted by molar-refractivity contribution is -0.119. The average Bonchev–Trinajstić information content (AvgIpc) is 3.11. The number of hydrogen-bond donors (Lipinski definition) is 1. The van der Waals surface area contributed by atoms with Crippen molar-refractivity contribution in [3.8, 4) is 0 Å². The van der Waals surface area contributed by atoms with Gasteiger partial charge in [-0.3, -0.25) is 9.59 Å². The summed E-state index contributed by atoms with van der Waals surface area (Å²) in [5.41, 5.74) is 3.92. The number of aryl methyl sites for hydroxylation is 3. The molecule has 0 radical (unpaired) electrons. The fourth-order valence-corrected chi connectivity index (χ4v) is 5.58. The summed E-state index contributed by atoms with van der Waals surface area (Å²) in [7, 11) is 0. The van der Waals surface area contributed by atoms with Gasteiger partial charge in [-0.2, -0.15) is 4.68 Å². The van der Waals surface area contributed by atoms with Crippen LogP contribution in [-0.2, 0) is 30.5 Å². The summed E-state index contributed by atoms with van der Waals surface area (Å²) < 4.78 is 1.24. The topological polar surface area (TPSA) is 76.9 Å². The maximum atomic E-state index is 13.3. The van der Waals surface area contributed by atoms with Gasteiger partial charge in [-0.15, -0.1) is 16.4 Å². The van der Waals surface area contributed by atoms with Crippen LogP contribution in [0.5, 0.6) is 0 Å². The minimum atomic E-state index is -0.748. The third-order valence-corrected chi connectivity index (χ3v) is 7.28. The second kappa shape index (κ2) is 8.30. The zero-order valence-electron chi connectivity index (χ0n) is 18.0. The Morgan fingerprint density at radius 1 is 1.30 bits per heavy atom. The van der Waals surface area contributed by atoms with Gasteiger partial charge in [0.2, 0.25) is 5.91 Å². The van der Waals surface area contributed by atoms with Gasteiger partial charge < -0.3 is 5.32 Å². The Morgan fingerprint density at radius 3 is 2.67 bits per heavy atom. The van der Waals surface area contributed by atoms with E-state index < -0.39 is 6.04 Å². The number of carbonyl (C=O) groups is 1. The number of nitrogens with zero attached hydrogens (tertiary/aromatic N) is 3. The molecule has 1 aromatic carbocycles. The molecule has 0 spiro atoms. The third-order valence-electron chi connectivity index (χ3n) is 6.14. The number of fused-ring (bicyclic) bond motifs is 3. The van der Waals surface area contributed by atoms with E-state index in [1.54, 1.807) is 18.3 Å². The van der Waals surface area contributed by atoms with Gasteiger partial charge in [0.1, 0.15) is 6.04 Å². The normalized spacial score (nSPS) is 17.0. The summed E-state index contributed by atoms with van der Waals surface area (Å²) in [6, 6.07) is 5.31. The average molecular weight is 425 g/mol. The molecule has 1 aliphatic carbocycles.